The van der Waals surface area contributed by atoms with Gasteiger partial charge in [0.25, 0.3) is 0 Å². The van der Waals surface area contributed by atoms with Crippen molar-refractivity contribution in [3.05, 3.63) is 51.7 Å². The maximum atomic E-state index is 11.8. The molecule has 0 spiro atoms. The van der Waals surface area contributed by atoms with Crippen molar-refractivity contribution in [2.45, 2.75) is 32.4 Å². The molecule has 1 aliphatic rings. The first-order valence-electron chi connectivity index (χ1n) is 6.77. The molecule has 104 valence electrons. The normalized spacial score (nSPS) is 16.6. The molecule has 2 aromatic rings. The molecule has 1 aromatic carbocycles. The number of thiophene rings is 1. The molecule has 0 bridgehead atoms. The Kier molecular flexibility index (Phi) is 3.74. The number of hydrogen-bond donors (Lipinski definition) is 1. The van der Waals surface area contributed by atoms with Crippen LogP contribution in [0.4, 0.5) is 0 Å². The van der Waals surface area contributed by atoms with Crippen molar-refractivity contribution in [1.29, 1.82) is 0 Å². The second-order valence-corrected chi connectivity index (χ2v) is 5.94. The Morgan fingerprint density at radius 3 is 3.10 bits per heavy atom. The highest BCUT2D eigenvalue weighted by molar-refractivity contribution is 7.07. The van der Waals surface area contributed by atoms with E-state index in [4.69, 9.17) is 4.74 Å². The molecule has 0 fully saturated rings. The van der Waals surface area contributed by atoms with Crippen molar-refractivity contribution in [2.24, 2.45) is 0 Å². The summed E-state index contributed by atoms with van der Waals surface area (Å²) in [6.45, 7) is 2.65. The molecule has 0 aliphatic carbocycles. The van der Waals surface area contributed by atoms with E-state index in [0.29, 0.717) is 13.0 Å². The molecule has 1 aliphatic heterocycles. The topological polar surface area (TPSA) is 38.3 Å². The number of ether oxygens (including phenoxy) is 1. The fourth-order valence-corrected chi connectivity index (χ4v) is 3.10. The van der Waals surface area contributed by atoms with Crippen LogP contribution in [-0.2, 0) is 24.2 Å². The molecular weight excluding hydrogens is 270 g/mol. The smallest absolute Gasteiger partial charge is 0.224 e. The van der Waals surface area contributed by atoms with E-state index in [2.05, 4.69) is 18.3 Å². The van der Waals surface area contributed by atoms with Crippen LogP contribution >= 0.6 is 11.3 Å². The molecule has 0 saturated carbocycles. The predicted octanol–water partition coefficient (Wildman–Crippen LogP) is 2.93. The molecule has 3 nitrogen and oxygen atoms in total. The van der Waals surface area contributed by atoms with Crippen molar-refractivity contribution in [2.75, 3.05) is 0 Å². The van der Waals surface area contributed by atoms with E-state index in [1.807, 2.05) is 29.0 Å². The Bertz CT molecular complexity index is 607. The summed E-state index contributed by atoms with van der Waals surface area (Å²) in [6.07, 6.45) is 1.66. The standard InChI is InChI=1S/C16H17NO2S/c1-11-6-14-7-12(2-3-15(14)19-11)9-17-16(18)8-13-4-5-20-10-13/h2-5,7,10-11H,6,8-9H2,1H3,(H,17,18). The zero-order chi connectivity index (χ0) is 13.9. The van der Waals surface area contributed by atoms with E-state index < -0.39 is 0 Å². The maximum Gasteiger partial charge on any atom is 0.224 e. The molecule has 1 N–H and O–H groups in total. The van der Waals surface area contributed by atoms with Gasteiger partial charge in [-0.15, -0.1) is 0 Å². The van der Waals surface area contributed by atoms with Gasteiger partial charge in [-0.3, -0.25) is 4.79 Å². The Balaban J connectivity index is 1.56. The summed E-state index contributed by atoms with van der Waals surface area (Å²) in [5.41, 5.74) is 3.44. The first-order valence-corrected chi connectivity index (χ1v) is 7.71. The summed E-state index contributed by atoms with van der Waals surface area (Å²) in [7, 11) is 0. The first-order chi connectivity index (χ1) is 9.70. The summed E-state index contributed by atoms with van der Waals surface area (Å²) in [5, 5.41) is 6.96. The Morgan fingerprint density at radius 1 is 1.40 bits per heavy atom. The van der Waals surface area contributed by atoms with E-state index in [-0.39, 0.29) is 12.0 Å². The summed E-state index contributed by atoms with van der Waals surface area (Å²) < 4.78 is 5.67. The zero-order valence-corrected chi connectivity index (χ0v) is 12.2. The quantitative estimate of drug-likeness (QED) is 0.939. The Morgan fingerprint density at radius 2 is 2.30 bits per heavy atom. The number of fused-ring (bicyclic) bond motifs is 1. The van der Waals surface area contributed by atoms with Gasteiger partial charge in [0.15, 0.2) is 0 Å². The zero-order valence-electron chi connectivity index (χ0n) is 11.4. The van der Waals surface area contributed by atoms with Crippen LogP contribution in [0.3, 0.4) is 0 Å². The third kappa shape index (κ3) is 3.02. The summed E-state index contributed by atoms with van der Waals surface area (Å²) in [6, 6.07) is 8.13. The highest BCUT2D eigenvalue weighted by Gasteiger charge is 2.18. The first kappa shape index (κ1) is 13.2. The number of amides is 1. The molecule has 1 atom stereocenters. The number of hydrogen-bond acceptors (Lipinski definition) is 3. The fourth-order valence-electron chi connectivity index (χ4n) is 2.43. The molecule has 1 amide bonds. The SMILES string of the molecule is CC1Cc2cc(CNC(=O)Cc3ccsc3)ccc2O1. The fraction of sp³-hybridized carbons (Fsp3) is 0.312. The minimum atomic E-state index is 0.0634. The predicted molar refractivity (Wildman–Crippen MR) is 80.1 cm³/mol. The molecular formula is C16H17NO2S. The molecule has 3 rings (SSSR count). The lowest BCUT2D eigenvalue weighted by Gasteiger charge is -2.06. The van der Waals surface area contributed by atoms with E-state index >= 15 is 0 Å². The minimum Gasteiger partial charge on any atom is -0.490 e. The van der Waals surface area contributed by atoms with Crippen LogP contribution in [0.25, 0.3) is 0 Å². The number of nitrogens with one attached hydrogen (secondary N) is 1. The van der Waals surface area contributed by atoms with Gasteiger partial charge in [0.05, 0.1) is 6.42 Å². The van der Waals surface area contributed by atoms with Gasteiger partial charge >= 0.3 is 0 Å². The number of carbonyl (C=O) groups is 1. The van der Waals surface area contributed by atoms with Crippen LogP contribution in [0.15, 0.2) is 35.0 Å². The van der Waals surface area contributed by atoms with Gasteiger partial charge in [-0.2, -0.15) is 11.3 Å². The molecule has 0 radical (unpaired) electrons. The van der Waals surface area contributed by atoms with E-state index in [1.54, 1.807) is 11.3 Å². The van der Waals surface area contributed by atoms with Crippen molar-refractivity contribution in [1.82, 2.24) is 5.32 Å². The molecule has 4 heteroatoms. The second-order valence-electron chi connectivity index (χ2n) is 5.16. The van der Waals surface area contributed by atoms with Crippen molar-refractivity contribution >= 4 is 17.2 Å². The van der Waals surface area contributed by atoms with Crippen LogP contribution < -0.4 is 10.1 Å². The third-order valence-electron chi connectivity index (χ3n) is 3.39. The molecule has 2 heterocycles. The molecule has 1 unspecified atom stereocenters. The van der Waals surface area contributed by atoms with Crippen LogP contribution in [0.1, 0.15) is 23.6 Å². The highest BCUT2D eigenvalue weighted by atomic mass is 32.1. The highest BCUT2D eigenvalue weighted by Crippen LogP contribution is 2.29. The van der Waals surface area contributed by atoms with Crippen LogP contribution in [0, 0.1) is 0 Å². The second kappa shape index (κ2) is 5.67. The lowest BCUT2D eigenvalue weighted by molar-refractivity contribution is -0.120. The summed E-state index contributed by atoms with van der Waals surface area (Å²) in [4.78, 5) is 11.8. The number of carbonyl (C=O) groups excluding carboxylic acids is 1. The van der Waals surface area contributed by atoms with Gasteiger partial charge in [0.2, 0.25) is 5.91 Å². The third-order valence-corrected chi connectivity index (χ3v) is 4.13. The van der Waals surface area contributed by atoms with E-state index in [9.17, 15) is 4.79 Å². The van der Waals surface area contributed by atoms with Crippen molar-refractivity contribution in [3.8, 4) is 5.75 Å². The lowest BCUT2D eigenvalue weighted by atomic mass is 10.1. The van der Waals surface area contributed by atoms with Gasteiger partial charge in [0, 0.05) is 13.0 Å². The monoisotopic (exact) mass is 287 g/mol. The molecule has 0 saturated heterocycles. The van der Waals surface area contributed by atoms with E-state index in [0.717, 1.165) is 23.3 Å². The maximum absolute atomic E-state index is 11.8. The average molecular weight is 287 g/mol. The van der Waals surface area contributed by atoms with Crippen LogP contribution in [-0.4, -0.2) is 12.0 Å². The lowest BCUT2D eigenvalue weighted by Crippen LogP contribution is -2.24. The van der Waals surface area contributed by atoms with Crippen molar-refractivity contribution in [3.63, 3.8) is 0 Å². The average Bonchev–Trinajstić information content (AvgIpc) is 3.04. The van der Waals surface area contributed by atoms with Crippen LogP contribution in [0.5, 0.6) is 5.75 Å². The van der Waals surface area contributed by atoms with E-state index in [1.165, 1.54) is 5.56 Å². The minimum absolute atomic E-state index is 0.0634. The van der Waals surface area contributed by atoms with Gasteiger partial charge in [-0.25, -0.2) is 0 Å². The number of benzene rings is 1. The van der Waals surface area contributed by atoms with Crippen molar-refractivity contribution < 1.29 is 9.53 Å². The molecule has 1 aromatic heterocycles. The summed E-state index contributed by atoms with van der Waals surface area (Å²) in [5.74, 6) is 1.04. The Hall–Kier alpha value is -1.81. The molecule has 20 heavy (non-hydrogen) atoms. The Labute approximate surface area is 122 Å². The van der Waals surface area contributed by atoms with Gasteiger partial charge in [-0.05, 0) is 46.5 Å². The summed E-state index contributed by atoms with van der Waals surface area (Å²) >= 11 is 1.62. The van der Waals surface area contributed by atoms with Gasteiger partial charge in [-0.1, -0.05) is 12.1 Å². The van der Waals surface area contributed by atoms with Gasteiger partial charge < -0.3 is 10.1 Å². The van der Waals surface area contributed by atoms with Crippen LogP contribution in [0.2, 0.25) is 0 Å². The largest absolute Gasteiger partial charge is 0.490 e. The number of rotatable bonds is 4. The van der Waals surface area contributed by atoms with Gasteiger partial charge in [0.1, 0.15) is 11.9 Å².